The molecule has 1 aliphatic heterocycles. The Morgan fingerprint density at radius 3 is 2.46 bits per heavy atom. The van der Waals surface area contributed by atoms with Gasteiger partial charge in [0.2, 0.25) is 0 Å². The van der Waals surface area contributed by atoms with Crippen LogP contribution in [-0.2, 0) is 4.74 Å². The van der Waals surface area contributed by atoms with E-state index in [0.29, 0.717) is 30.9 Å². The Labute approximate surface area is 175 Å². The van der Waals surface area contributed by atoms with Crippen molar-refractivity contribution in [3.63, 3.8) is 0 Å². The van der Waals surface area contributed by atoms with Crippen LogP contribution in [0.2, 0.25) is 0 Å². The molecule has 0 bridgehead atoms. The van der Waals surface area contributed by atoms with Crippen LogP contribution in [0.5, 0.6) is 5.75 Å². The zero-order valence-electron chi connectivity index (χ0n) is 17.1. The lowest BCUT2D eigenvalue weighted by molar-refractivity contribution is 0.0144. The van der Waals surface area contributed by atoms with Crippen LogP contribution in [0.15, 0.2) is 22.7 Å². The molecular weight excluding hydrogens is 426 g/mol. The van der Waals surface area contributed by atoms with Gasteiger partial charge in [0.15, 0.2) is 0 Å². The summed E-state index contributed by atoms with van der Waals surface area (Å²) in [6, 6.07) is 5.32. The van der Waals surface area contributed by atoms with Crippen molar-refractivity contribution in [2.24, 2.45) is 0 Å². The number of benzene rings is 1. The van der Waals surface area contributed by atoms with Crippen LogP contribution in [0.1, 0.15) is 37.6 Å². The quantitative estimate of drug-likeness (QED) is 0.667. The molecule has 28 heavy (non-hydrogen) atoms. The number of halogens is 1. The van der Waals surface area contributed by atoms with Crippen molar-refractivity contribution in [1.29, 1.82) is 0 Å². The van der Waals surface area contributed by atoms with E-state index in [1.165, 1.54) is 0 Å². The van der Waals surface area contributed by atoms with E-state index in [2.05, 4.69) is 26.1 Å². The van der Waals surface area contributed by atoms with Gasteiger partial charge in [-0.3, -0.25) is 9.69 Å². The largest absolute Gasteiger partial charge is 0.497 e. The minimum absolute atomic E-state index is 0.125. The van der Waals surface area contributed by atoms with E-state index in [4.69, 9.17) is 9.47 Å². The molecule has 0 aliphatic carbocycles. The standard InChI is InChI=1S/C20H30BrN3O4/c1-20(2,3)28-19(26)24-12-10-23(11-13-24)9-5-8-22-18(25)16-14-15(27-4)6-7-17(16)21/h6-7,14H,5,8-13H2,1-4H3,(H,22,25). The Hall–Kier alpha value is -1.80. The van der Waals surface area contributed by atoms with Gasteiger partial charge in [0.25, 0.3) is 5.91 Å². The van der Waals surface area contributed by atoms with Gasteiger partial charge in [-0.05, 0) is 67.9 Å². The second-order valence-electron chi connectivity index (χ2n) is 7.76. The molecule has 1 saturated heterocycles. The van der Waals surface area contributed by atoms with Crippen LogP contribution in [0.4, 0.5) is 4.79 Å². The zero-order chi connectivity index (χ0) is 20.7. The lowest BCUT2D eigenvalue weighted by atomic mass is 10.2. The van der Waals surface area contributed by atoms with Crippen molar-refractivity contribution in [1.82, 2.24) is 15.1 Å². The second-order valence-corrected chi connectivity index (χ2v) is 8.62. The van der Waals surface area contributed by atoms with E-state index in [0.717, 1.165) is 30.5 Å². The number of rotatable bonds is 6. The first-order valence-electron chi connectivity index (χ1n) is 9.51. The van der Waals surface area contributed by atoms with Crippen molar-refractivity contribution in [2.45, 2.75) is 32.8 Å². The molecule has 2 amide bonds. The van der Waals surface area contributed by atoms with Crippen LogP contribution >= 0.6 is 15.9 Å². The summed E-state index contributed by atoms with van der Waals surface area (Å²) < 4.78 is 11.3. The number of hydrogen-bond acceptors (Lipinski definition) is 5. The third kappa shape index (κ3) is 6.98. The maximum Gasteiger partial charge on any atom is 0.410 e. The van der Waals surface area contributed by atoms with Gasteiger partial charge >= 0.3 is 6.09 Å². The first-order chi connectivity index (χ1) is 13.2. The molecule has 156 valence electrons. The van der Waals surface area contributed by atoms with Gasteiger partial charge < -0.3 is 19.7 Å². The van der Waals surface area contributed by atoms with Crippen molar-refractivity contribution in [3.05, 3.63) is 28.2 Å². The van der Waals surface area contributed by atoms with Gasteiger partial charge in [-0.1, -0.05) is 0 Å². The highest BCUT2D eigenvalue weighted by atomic mass is 79.9. The smallest absolute Gasteiger partial charge is 0.410 e. The highest BCUT2D eigenvalue weighted by Gasteiger charge is 2.25. The van der Waals surface area contributed by atoms with Crippen LogP contribution in [0.3, 0.4) is 0 Å². The Morgan fingerprint density at radius 2 is 1.86 bits per heavy atom. The van der Waals surface area contributed by atoms with E-state index in [1.807, 2.05) is 20.8 Å². The van der Waals surface area contributed by atoms with E-state index in [-0.39, 0.29) is 12.0 Å². The normalized spacial score (nSPS) is 15.2. The number of ether oxygens (including phenoxy) is 2. The number of carbonyl (C=O) groups is 2. The van der Waals surface area contributed by atoms with Crippen LogP contribution in [-0.4, -0.2) is 73.8 Å². The van der Waals surface area contributed by atoms with Crippen LogP contribution in [0, 0.1) is 0 Å². The second kappa shape index (κ2) is 10.1. The van der Waals surface area contributed by atoms with Gasteiger partial charge in [0.05, 0.1) is 12.7 Å². The Morgan fingerprint density at radius 1 is 1.18 bits per heavy atom. The summed E-state index contributed by atoms with van der Waals surface area (Å²) in [4.78, 5) is 28.5. The number of amides is 2. The maximum absolute atomic E-state index is 12.3. The van der Waals surface area contributed by atoms with Gasteiger partial charge in [0.1, 0.15) is 11.4 Å². The third-order valence-corrected chi connectivity index (χ3v) is 5.07. The lowest BCUT2D eigenvalue weighted by Crippen LogP contribution is -2.50. The zero-order valence-corrected chi connectivity index (χ0v) is 18.7. The number of nitrogens with zero attached hydrogens (tertiary/aromatic N) is 2. The van der Waals surface area contributed by atoms with Crippen molar-refractivity contribution in [2.75, 3.05) is 46.4 Å². The molecule has 1 N–H and O–H groups in total. The first-order valence-corrected chi connectivity index (χ1v) is 10.3. The summed E-state index contributed by atoms with van der Waals surface area (Å²) in [7, 11) is 1.58. The minimum atomic E-state index is -0.468. The molecule has 7 nitrogen and oxygen atoms in total. The van der Waals surface area contributed by atoms with Gasteiger partial charge in [-0.2, -0.15) is 0 Å². The number of nitrogens with one attached hydrogen (secondary N) is 1. The fourth-order valence-electron chi connectivity index (χ4n) is 2.89. The summed E-state index contributed by atoms with van der Waals surface area (Å²) in [5, 5.41) is 2.95. The van der Waals surface area contributed by atoms with E-state index < -0.39 is 5.60 Å². The maximum atomic E-state index is 12.3. The Kier molecular flexibility index (Phi) is 8.12. The molecule has 0 radical (unpaired) electrons. The average molecular weight is 456 g/mol. The van der Waals surface area contributed by atoms with E-state index >= 15 is 0 Å². The fourth-order valence-corrected chi connectivity index (χ4v) is 3.31. The molecule has 1 fully saturated rings. The fraction of sp³-hybridized carbons (Fsp3) is 0.600. The summed E-state index contributed by atoms with van der Waals surface area (Å²) in [6.45, 7) is 10.0. The third-order valence-electron chi connectivity index (χ3n) is 4.38. The summed E-state index contributed by atoms with van der Waals surface area (Å²) in [6.07, 6.45) is 0.600. The van der Waals surface area contributed by atoms with Crippen LogP contribution < -0.4 is 10.1 Å². The predicted molar refractivity (Wildman–Crippen MR) is 112 cm³/mol. The van der Waals surface area contributed by atoms with Gasteiger partial charge in [0, 0.05) is 37.2 Å². The number of hydrogen-bond donors (Lipinski definition) is 1. The molecule has 0 aromatic heterocycles. The van der Waals surface area contributed by atoms with Crippen molar-refractivity contribution < 1.29 is 19.1 Å². The molecule has 1 aliphatic rings. The molecule has 0 unspecified atom stereocenters. The van der Waals surface area contributed by atoms with Crippen LogP contribution in [0.25, 0.3) is 0 Å². The molecule has 1 heterocycles. The number of carbonyl (C=O) groups excluding carboxylic acids is 2. The minimum Gasteiger partial charge on any atom is -0.497 e. The summed E-state index contributed by atoms with van der Waals surface area (Å²) in [5.74, 6) is 0.525. The highest BCUT2D eigenvalue weighted by molar-refractivity contribution is 9.10. The Balaban J connectivity index is 1.68. The first kappa shape index (κ1) is 22.5. The lowest BCUT2D eigenvalue weighted by Gasteiger charge is -2.35. The summed E-state index contributed by atoms with van der Waals surface area (Å²) in [5.41, 5.74) is 0.0924. The van der Waals surface area contributed by atoms with E-state index in [9.17, 15) is 9.59 Å². The average Bonchev–Trinajstić information content (AvgIpc) is 2.64. The molecule has 2 rings (SSSR count). The van der Waals surface area contributed by atoms with Crippen molar-refractivity contribution >= 4 is 27.9 Å². The number of piperazine rings is 1. The predicted octanol–water partition coefficient (Wildman–Crippen LogP) is 3.13. The molecule has 0 atom stereocenters. The van der Waals surface area contributed by atoms with E-state index in [1.54, 1.807) is 30.2 Å². The van der Waals surface area contributed by atoms with Gasteiger partial charge in [-0.25, -0.2) is 4.79 Å². The molecule has 1 aromatic carbocycles. The Bertz CT molecular complexity index is 683. The number of methoxy groups -OCH3 is 1. The molecule has 0 spiro atoms. The SMILES string of the molecule is COc1ccc(Br)c(C(=O)NCCCN2CCN(C(=O)OC(C)(C)C)CC2)c1. The van der Waals surface area contributed by atoms with Gasteiger partial charge in [-0.15, -0.1) is 0 Å². The molecule has 8 heteroatoms. The highest BCUT2D eigenvalue weighted by Crippen LogP contribution is 2.22. The monoisotopic (exact) mass is 455 g/mol. The molecular formula is C20H30BrN3O4. The topological polar surface area (TPSA) is 71.1 Å². The summed E-state index contributed by atoms with van der Waals surface area (Å²) >= 11 is 3.40. The van der Waals surface area contributed by atoms with Crippen molar-refractivity contribution in [3.8, 4) is 5.75 Å². The molecule has 0 saturated carbocycles. The molecule has 1 aromatic rings.